The van der Waals surface area contributed by atoms with Gasteiger partial charge < -0.3 is 0 Å². The van der Waals surface area contributed by atoms with Crippen LogP contribution >= 0.6 is 11.8 Å². The average Bonchev–Trinajstić information content (AvgIpc) is 3.10. The Balaban J connectivity index is 1.56. The van der Waals surface area contributed by atoms with Crippen molar-refractivity contribution < 1.29 is 9.59 Å². The Labute approximate surface area is 144 Å². The van der Waals surface area contributed by atoms with Crippen LogP contribution in [0, 0.1) is 0 Å². The van der Waals surface area contributed by atoms with E-state index in [4.69, 9.17) is 0 Å². The summed E-state index contributed by atoms with van der Waals surface area (Å²) >= 11 is 1.53. The Morgan fingerprint density at radius 2 is 1.71 bits per heavy atom. The molecule has 1 aliphatic heterocycles. The molecule has 0 N–H and O–H groups in total. The van der Waals surface area contributed by atoms with Crippen LogP contribution < -0.4 is 0 Å². The van der Waals surface area contributed by atoms with Crippen LogP contribution in [0.15, 0.2) is 29.4 Å². The first-order valence-electron chi connectivity index (χ1n) is 7.76. The molecule has 0 bridgehead atoms. The summed E-state index contributed by atoms with van der Waals surface area (Å²) < 4.78 is 1.78. The lowest BCUT2D eigenvalue weighted by atomic mass is 10.1. The second kappa shape index (κ2) is 6.35. The number of benzene rings is 1. The molecule has 1 aliphatic rings. The van der Waals surface area contributed by atoms with Crippen LogP contribution in [0.1, 0.15) is 47.9 Å². The van der Waals surface area contributed by atoms with E-state index in [1.165, 1.54) is 16.7 Å². The summed E-state index contributed by atoms with van der Waals surface area (Å²) in [6.07, 6.45) is 0.688. The maximum Gasteiger partial charge on any atom is 0.261 e. The lowest BCUT2D eigenvalue weighted by molar-refractivity contribution is 0.0655. The van der Waals surface area contributed by atoms with Crippen LogP contribution in [0.2, 0.25) is 0 Å². The maximum absolute atomic E-state index is 12.3. The molecule has 3 rings (SSSR count). The predicted octanol–water partition coefficient (Wildman–Crippen LogP) is 2.21. The molecule has 0 saturated carbocycles. The van der Waals surface area contributed by atoms with Gasteiger partial charge in [-0.05, 0) is 49.8 Å². The first kappa shape index (κ1) is 16.6. The molecule has 2 heterocycles. The minimum absolute atomic E-state index is 0.186. The molecule has 8 heteroatoms. The number of tetrazole rings is 1. The van der Waals surface area contributed by atoms with Gasteiger partial charge in [-0.3, -0.25) is 14.5 Å². The fourth-order valence-electron chi connectivity index (χ4n) is 2.52. The van der Waals surface area contributed by atoms with Crippen LogP contribution in [0.4, 0.5) is 0 Å². The number of carbonyl (C=O) groups is 2. The normalized spacial score (nSPS) is 14.4. The quantitative estimate of drug-likeness (QED) is 0.469. The van der Waals surface area contributed by atoms with Crippen molar-refractivity contribution in [2.24, 2.45) is 0 Å². The number of carbonyl (C=O) groups excluding carboxylic acids is 2. The zero-order valence-corrected chi connectivity index (χ0v) is 14.7. The van der Waals surface area contributed by atoms with E-state index < -0.39 is 0 Å². The summed E-state index contributed by atoms with van der Waals surface area (Å²) in [6.45, 7) is 6.50. The van der Waals surface area contributed by atoms with Crippen LogP contribution in [0.25, 0.3) is 0 Å². The van der Waals surface area contributed by atoms with E-state index >= 15 is 0 Å². The van der Waals surface area contributed by atoms with Gasteiger partial charge in [0.05, 0.1) is 16.7 Å². The highest BCUT2D eigenvalue weighted by Gasteiger charge is 2.34. The van der Waals surface area contributed by atoms with E-state index in [-0.39, 0.29) is 17.4 Å². The monoisotopic (exact) mass is 345 g/mol. The second-order valence-corrected chi connectivity index (χ2v) is 7.62. The number of thioether (sulfide) groups is 1. The third-order valence-electron chi connectivity index (χ3n) is 3.71. The van der Waals surface area contributed by atoms with Crippen molar-refractivity contribution in [3.8, 4) is 0 Å². The van der Waals surface area contributed by atoms with Crippen molar-refractivity contribution in [1.29, 1.82) is 0 Å². The van der Waals surface area contributed by atoms with Crippen LogP contribution in [0.3, 0.4) is 0 Å². The number of aromatic nitrogens is 4. The molecule has 0 spiro atoms. The molecule has 0 fully saturated rings. The summed E-state index contributed by atoms with van der Waals surface area (Å²) in [4.78, 5) is 25.9. The minimum atomic E-state index is -0.208. The number of nitrogens with zero attached hydrogens (tertiary/aromatic N) is 5. The highest BCUT2D eigenvalue weighted by Crippen LogP contribution is 2.24. The van der Waals surface area contributed by atoms with Crippen molar-refractivity contribution >= 4 is 23.6 Å². The topological polar surface area (TPSA) is 81.0 Å². The zero-order chi connectivity index (χ0) is 17.3. The van der Waals surface area contributed by atoms with Gasteiger partial charge in [0.2, 0.25) is 5.16 Å². The van der Waals surface area contributed by atoms with Gasteiger partial charge in [-0.1, -0.05) is 23.9 Å². The zero-order valence-electron chi connectivity index (χ0n) is 13.9. The SMILES string of the molecule is CC(C)(C)n1nnnc1SCCCN1C(=O)c2ccccc2C1=O. The number of hydrogen-bond acceptors (Lipinski definition) is 6. The van der Waals surface area contributed by atoms with Gasteiger partial charge in [-0.15, -0.1) is 5.10 Å². The highest BCUT2D eigenvalue weighted by atomic mass is 32.2. The molecule has 24 heavy (non-hydrogen) atoms. The Bertz CT molecular complexity index is 746. The minimum Gasteiger partial charge on any atom is -0.274 e. The highest BCUT2D eigenvalue weighted by molar-refractivity contribution is 7.99. The van der Waals surface area contributed by atoms with E-state index in [0.29, 0.717) is 24.1 Å². The van der Waals surface area contributed by atoms with Crippen molar-refractivity contribution in [2.75, 3.05) is 12.3 Å². The molecule has 1 aromatic heterocycles. The summed E-state index contributed by atoms with van der Waals surface area (Å²) in [5, 5.41) is 12.5. The molecule has 126 valence electrons. The molecule has 0 aliphatic carbocycles. The lowest BCUT2D eigenvalue weighted by Gasteiger charge is -2.19. The third-order valence-corrected chi connectivity index (χ3v) is 4.72. The Hall–Kier alpha value is -2.22. The second-order valence-electron chi connectivity index (χ2n) is 6.55. The lowest BCUT2D eigenvalue weighted by Crippen LogP contribution is -2.31. The summed E-state index contributed by atoms with van der Waals surface area (Å²) in [5.74, 6) is 0.310. The molecular weight excluding hydrogens is 326 g/mol. The van der Waals surface area contributed by atoms with Gasteiger partial charge in [-0.2, -0.15) is 0 Å². The van der Waals surface area contributed by atoms with Crippen molar-refractivity contribution in [1.82, 2.24) is 25.1 Å². The smallest absolute Gasteiger partial charge is 0.261 e. The van der Waals surface area contributed by atoms with E-state index in [0.717, 1.165) is 10.9 Å². The average molecular weight is 345 g/mol. The van der Waals surface area contributed by atoms with Gasteiger partial charge in [0, 0.05) is 12.3 Å². The Morgan fingerprint density at radius 3 is 2.29 bits per heavy atom. The van der Waals surface area contributed by atoms with E-state index in [9.17, 15) is 9.59 Å². The number of hydrogen-bond donors (Lipinski definition) is 0. The molecule has 7 nitrogen and oxygen atoms in total. The molecule has 0 unspecified atom stereocenters. The maximum atomic E-state index is 12.3. The molecule has 0 saturated heterocycles. The van der Waals surface area contributed by atoms with E-state index in [2.05, 4.69) is 15.5 Å². The van der Waals surface area contributed by atoms with Crippen molar-refractivity contribution in [3.05, 3.63) is 35.4 Å². The number of fused-ring (bicyclic) bond motifs is 1. The summed E-state index contributed by atoms with van der Waals surface area (Å²) in [6, 6.07) is 6.94. The van der Waals surface area contributed by atoms with Crippen LogP contribution in [0.5, 0.6) is 0 Å². The summed E-state index contributed by atoms with van der Waals surface area (Å²) in [7, 11) is 0. The molecule has 0 atom stereocenters. The molecule has 2 amide bonds. The van der Waals surface area contributed by atoms with Gasteiger partial charge >= 0.3 is 0 Å². The summed E-state index contributed by atoms with van der Waals surface area (Å²) in [5.41, 5.74) is 0.799. The first-order chi connectivity index (χ1) is 11.4. The van der Waals surface area contributed by atoms with Gasteiger partial charge in [0.15, 0.2) is 0 Å². The Morgan fingerprint density at radius 1 is 1.08 bits per heavy atom. The van der Waals surface area contributed by atoms with E-state index in [1.807, 2.05) is 20.8 Å². The first-order valence-corrected chi connectivity index (χ1v) is 8.75. The Kier molecular flexibility index (Phi) is 4.40. The molecule has 1 aromatic carbocycles. The van der Waals surface area contributed by atoms with Gasteiger partial charge in [0.25, 0.3) is 11.8 Å². The number of imide groups is 1. The molecular formula is C16H19N5O2S. The predicted molar refractivity (Wildman–Crippen MR) is 90.0 cm³/mol. The van der Waals surface area contributed by atoms with Crippen LogP contribution in [-0.2, 0) is 5.54 Å². The third kappa shape index (κ3) is 3.06. The van der Waals surface area contributed by atoms with Crippen LogP contribution in [-0.4, -0.2) is 49.2 Å². The number of rotatable bonds is 5. The van der Waals surface area contributed by atoms with Gasteiger partial charge in [-0.25, -0.2) is 4.68 Å². The molecule has 0 radical (unpaired) electrons. The fraction of sp³-hybridized carbons (Fsp3) is 0.438. The number of amides is 2. The van der Waals surface area contributed by atoms with E-state index in [1.54, 1.807) is 28.9 Å². The van der Waals surface area contributed by atoms with Crippen molar-refractivity contribution in [2.45, 2.75) is 37.9 Å². The fourth-order valence-corrected chi connectivity index (χ4v) is 3.50. The molecule has 2 aromatic rings. The largest absolute Gasteiger partial charge is 0.274 e. The van der Waals surface area contributed by atoms with Crippen molar-refractivity contribution in [3.63, 3.8) is 0 Å². The van der Waals surface area contributed by atoms with Gasteiger partial charge in [0.1, 0.15) is 0 Å². The standard InChI is InChI=1S/C16H19N5O2S/c1-16(2,3)21-15(17-18-19-21)24-10-6-9-20-13(22)11-7-4-5-8-12(11)14(20)23/h4-5,7-8H,6,9-10H2,1-3H3.